The number of nitrogens with zero attached hydrogens (tertiary/aromatic N) is 1. The minimum Gasteiger partial charge on any atom is -0.632 e. The van der Waals surface area contributed by atoms with Crippen molar-refractivity contribution < 1.29 is 14.9 Å². The maximum atomic E-state index is 14.7. The van der Waals surface area contributed by atoms with Gasteiger partial charge in [-0.05, 0) is 33.6 Å². The molecule has 1 fully saturated rings. The number of phenols is 1. The SMILES string of the molecule is CC(C)(C)c1cc(C[N@+]2([O-])CCC[C@H]2C(O)(c2ccccc2)c2ccccc2)c(O)c(C(C)(C)C)c1. The van der Waals surface area contributed by atoms with Crippen molar-refractivity contribution in [1.29, 1.82) is 0 Å². The van der Waals surface area contributed by atoms with Crippen LogP contribution in [0.5, 0.6) is 5.75 Å². The van der Waals surface area contributed by atoms with Gasteiger partial charge < -0.3 is 20.1 Å². The van der Waals surface area contributed by atoms with Crippen LogP contribution in [0.2, 0.25) is 0 Å². The van der Waals surface area contributed by atoms with Crippen molar-refractivity contribution in [3.05, 3.63) is 106 Å². The lowest BCUT2D eigenvalue weighted by Crippen LogP contribution is -2.56. The molecule has 0 aliphatic carbocycles. The number of hydroxylamine groups is 3. The number of quaternary nitrogens is 1. The largest absolute Gasteiger partial charge is 0.632 e. The van der Waals surface area contributed by atoms with E-state index in [1.807, 2.05) is 66.7 Å². The van der Waals surface area contributed by atoms with Gasteiger partial charge in [0.15, 0.2) is 5.60 Å². The van der Waals surface area contributed by atoms with Gasteiger partial charge >= 0.3 is 0 Å². The van der Waals surface area contributed by atoms with E-state index in [2.05, 4.69) is 47.6 Å². The van der Waals surface area contributed by atoms with E-state index in [9.17, 15) is 15.4 Å². The molecule has 0 unspecified atom stereocenters. The zero-order valence-electron chi connectivity index (χ0n) is 22.6. The monoisotopic (exact) mass is 487 g/mol. The molecule has 36 heavy (non-hydrogen) atoms. The lowest BCUT2D eigenvalue weighted by atomic mass is 9.78. The molecule has 192 valence electrons. The van der Waals surface area contributed by atoms with E-state index in [1.54, 1.807) is 0 Å². The van der Waals surface area contributed by atoms with Crippen molar-refractivity contribution in [2.75, 3.05) is 6.54 Å². The molecule has 0 amide bonds. The zero-order valence-corrected chi connectivity index (χ0v) is 22.6. The topological polar surface area (TPSA) is 63.5 Å². The predicted octanol–water partition coefficient (Wildman–Crippen LogP) is 6.90. The first-order valence-corrected chi connectivity index (χ1v) is 13.0. The molecule has 1 aliphatic rings. The van der Waals surface area contributed by atoms with Crippen LogP contribution >= 0.6 is 0 Å². The maximum Gasteiger partial charge on any atom is 0.167 e. The van der Waals surface area contributed by atoms with E-state index in [-0.39, 0.29) is 23.1 Å². The fourth-order valence-electron chi connectivity index (χ4n) is 5.73. The molecule has 4 nitrogen and oxygen atoms in total. The molecular formula is C32H41NO3. The van der Waals surface area contributed by atoms with Crippen molar-refractivity contribution in [2.24, 2.45) is 0 Å². The van der Waals surface area contributed by atoms with Gasteiger partial charge in [0, 0.05) is 24.0 Å². The molecule has 0 saturated carbocycles. The van der Waals surface area contributed by atoms with Crippen molar-refractivity contribution in [3.8, 4) is 5.75 Å². The molecule has 4 heteroatoms. The van der Waals surface area contributed by atoms with Gasteiger partial charge in [0.25, 0.3) is 0 Å². The van der Waals surface area contributed by atoms with Crippen molar-refractivity contribution in [1.82, 2.24) is 0 Å². The molecule has 0 spiro atoms. The summed E-state index contributed by atoms with van der Waals surface area (Å²) in [7, 11) is 0. The Bertz CT molecular complexity index is 1150. The third-order valence-corrected chi connectivity index (χ3v) is 7.79. The number of aliphatic hydroxyl groups is 1. The van der Waals surface area contributed by atoms with Gasteiger partial charge in [-0.1, -0.05) is 108 Å². The quantitative estimate of drug-likeness (QED) is 0.304. The third kappa shape index (κ3) is 4.82. The summed E-state index contributed by atoms with van der Waals surface area (Å²) in [5, 5.41) is 38.6. The Morgan fingerprint density at radius 2 is 1.33 bits per heavy atom. The second-order valence-electron chi connectivity index (χ2n) is 12.5. The second-order valence-corrected chi connectivity index (χ2v) is 12.5. The van der Waals surface area contributed by atoms with Crippen LogP contribution in [0.25, 0.3) is 0 Å². The summed E-state index contributed by atoms with van der Waals surface area (Å²) in [5.41, 5.74) is 2.23. The summed E-state index contributed by atoms with van der Waals surface area (Å²) in [6.45, 7) is 13.2. The van der Waals surface area contributed by atoms with Crippen LogP contribution in [0, 0.1) is 5.21 Å². The Morgan fingerprint density at radius 3 is 1.81 bits per heavy atom. The van der Waals surface area contributed by atoms with Crippen LogP contribution in [0.3, 0.4) is 0 Å². The molecule has 1 saturated heterocycles. The predicted molar refractivity (Wildman–Crippen MR) is 147 cm³/mol. The fourth-order valence-corrected chi connectivity index (χ4v) is 5.73. The van der Waals surface area contributed by atoms with Crippen LogP contribution in [-0.4, -0.2) is 27.4 Å². The van der Waals surface area contributed by atoms with Gasteiger partial charge in [0.1, 0.15) is 18.3 Å². The Morgan fingerprint density at radius 1 is 0.806 bits per heavy atom. The molecule has 3 aromatic rings. The molecule has 2 atom stereocenters. The Labute approximate surface area is 216 Å². The van der Waals surface area contributed by atoms with Crippen molar-refractivity contribution >= 4 is 0 Å². The lowest BCUT2D eigenvalue weighted by molar-refractivity contribution is -0.913. The van der Waals surface area contributed by atoms with Gasteiger partial charge in [0.2, 0.25) is 0 Å². The number of hydrogen-bond donors (Lipinski definition) is 2. The molecule has 3 aromatic carbocycles. The van der Waals surface area contributed by atoms with E-state index in [1.165, 1.54) is 0 Å². The average molecular weight is 488 g/mol. The van der Waals surface area contributed by atoms with Crippen molar-refractivity contribution in [2.45, 2.75) is 83.4 Å². The van der Waals surface area contributed by atoms with Crippen LogP contribution in [0.1, 0.15) is 82.2 Å². The molecule has 2 N–H and O–H groups in total. The third-order valence-electron chi connectivity index (χ3n) is 7.79. The van der Waals surface area contributed by atoms with E-state index >= 15 is 0 Å². The van der Waals surface area contributed by atoms with E-state index < -0.39 is 16.3 Å². The Balaban J connectivity index is 1.85. The van der Waals surface area contributed by atoms with E-state index in [4.69, 9.17) is 0 Å². The normalized spacial score (nSPS) is 21.1. The second kappa shape index (κ2) is 9.33. The van der Waals surface area contributed by atoms with Gasteiger partial charge in [0.05, 0.1) is 6.54 Å². The van der Waals surface area contributed by atoms with Gasteiger partial charge in [-0.3, -0.25) is 0 Å². The highest BCUT2D eigenvalue weighted by molar-refractivity contribution is 5.48. The number of likely N-dealkylation sites (tertiary alicyclic amines) is 1. The van der Waals surface area contributed by atoms with Gasteiger partial charge in [-0.2, -0.15) is 0 Å². The fraction of sp³-hybridized carbons (Fsp3) is 0.438. The molecule has 0 bridgehead atoms. The first-order chi connectivity index (χ1) is 16.8. The number of aromatic hydroxyl groups is 1. The van der Waals surface area contributed by atoms with Crippen LogP contribution in [0.15, 0.2) is 72.8 Å². The van der Waals surface area contributed by atoms with Crippen LogP contribution < -0.4 is 0 Å². The summed E-state index contributed by atoms with van der Waals surface area (Å²) in [6, 6.07) is 22.6. The highest BCUT2D eigenvalue weighted by Crippen LogP contribution is 2.46. The summed E-state index contributed by atoms with van der Waals surface area (Å²) in [5.74, 6) is 0.206. The number of hydrogen-bond acceptors (Lipinski definition) is 3. The molecule has 0 radical (unpaired) electrons. The first-order valence-electron chi connectivity index (χ1n) is 13.0. The summed E-state index contributed by atoms with van der Waals surface area (Å²) < 4.78 is -0.578. The molecule has 4 rings (SSSR count). The molecule has 1 aliphatic heterocycles. The minimum absolute atomic E-state index is 0.117. The summed E-state index contributed by atoms with van der Waals surface area (Å²) >= 11 is 0. The van der Waals surface area contributed by atoms with Gasteiger partial charge in [-0.15, -0.1) is 0 Å². The minimum atomic E-state index is -1.44. The highest BCUT2D eigenvalue weighted by atomic mass is 16.6. The van der Waals surface area contributed by atoms with Crippen LogP contribution in [0.4, 0.5) is 0 Å². The molecule has 0 aromatic heterocycles. The van der Waals surface area contributed by atoms with Gasteiger partial charge in [-0.25, -0.2) is 0 Å². The highest BCUT2D eigenvalue weighted by Gasteiger charge is 2.52. The smallest absolute Gasteiger partial charge is 0.167 e. The average Bonchev–Trinajstić information content (AvgIpc) is 3.21. The maximum absolute atomic E-state index is 14.7. The van der Waals surface area contributed by atoms with Crippen LogP contribution in [-0.2, 0) is 23.0 Å². The Hall–Kier alpha value is -2.66. The molecular weight excluding hydrogens is 446 g/mol. The first kappa shape index (κ1) is 26.4. The Kier molecular flexibility index (Phi) is 6.85. The zero-order chi connectivity index (χ0) is 26.4. The van der Waals surface area contributed by atoms with Crippen molar-refractivity contribution in [3.63, 3.8) is 0 Å². The molecule has 1 heterocycles. The number of phenolic OH excluding ortho intramolecular Hbond substituents is 1. The summed E-state index contributed by atoms with van der Waals surface area (Å²) in [4.78, 5) is 0. The standard InChI is InChI=1S/C32H41NO3/c1-30(2,3)26-20-23(29(34)27(21-26)31(4,5)6)22-33(36)19-13-18-28(33)32(35,24-14-9-7-10-15-24)25-16-11-8-12-17-25/h7-12,14-17,20-21,28,34-35H,13,18-19,22H2,1-6H3/t28-,33+/m0/s1. The van der Waals surface area contributed by atoms with E-state index in [0.29, 0.717) is 18.5 Å². The summed E-state index contributed by atoms with van der Waals surface area (Å²) in [6.07, 6.45) is 1.33. The number of rotatable bonds is 5. The van der Waals surface area contributed by atoms with E-state index in [0.717, 1.165) is 28.7 Å². The lowest BCUT2D eigenvalue weighted by Gasteiger charge is -2.50. The number of benzene rings is 3.